The van der Waals surface area contributed by atoms with E-state index in [2.05, 4.69) is 57.6 Å². The zero-order chi connectivity index (χ0) is 57.7. The van der Waals surface area contributed by atoms with Gasteiger partial charge in [-0.2, -0.15) is 0 Å². The van der Waals surface area contributed by atoms with Crippen LogP contribution in [0.3, 0.4) is 0 Å². The van der Waals surface area contributed by atoms with Crippen LogP contribution in [0, 0.1) is 37.1 Å². The first-order chi connectivity index (χ1) is 37.6. The lowest BCUT2D eigenvalue weighted by Gasteiger charge is -2.35. The number of aromatic nitrogens is 6. The van der Waals surface area contributed by atoms with Crippen LogP contribution >= 0.6 is 28.1 Å². The lowest BCUT2D eigenvalue weighted by Crippen LogP contribution is -2.45. The van der Waals surface area contributed by atoms with Crippen molar-refractivity contribution < 1.29 is 46.1 Å². The Hall–Kier alpha value is -6.85. The molecule has 0 unspecified atom stereocenters. The first kappa shape index (κ1) is 56.4. The Balaban J connectivity index is 0.000000117. The van der Waals surface area contributed by atoms with Crippen molar-refractivity contribution in [3.63, 3.8) is 0 Å². The smallest absolute Gasteiger partial charge is 0.167 e. The number of nitrogens with one attached hydrogen (secondary N) is 4. The van der Waals surface area contributed by atoms with Gasteiger partial charge in [-0.25, -0.2) is 17.6 Å². The van der Waals surface area contributed by atoms with Gasteiger partial charge in [0, 0.05) is 106 Å². The molecular weight excluding hydrogens is 1120 g/mol. The fourth-order valence-corrected chi connectivity index (χ4v) is 11.8. The molecule has 0 atom stereocenters. The molecule has 0 fully saturated rings. The Morgan fingerprint density at radius 3 is 1.50 bits per heavy atom. The van der Waals surface area contributed by atoms with Gasteiger partial charge in [0.2, 0.25) is 0 Å². The van der Waals surface area contributed by atoms with Crippen molar-refractivity contribution in [2.75, 3.05) is 54.2 Å². The van der Waals surface area contributed by atoms with Crippen molar-refractivity contribution >= 4 is 67.3 Å². The zero-order valence-electron chi connectivity index (χ0n) is 46.5. The molecule has 14 rings (SSSR count). The van der Waals surface area contributed by atoms with E-state index in [4.69, 9.17) is 36.9 Å². The minimum atomic E-state index is -0.628. The maximum atomic E-state index is 14.9. The van der Waals surface area contributed by atoms with E-state index < -0.39 is 16.6 Å². The van der Waals surface area contributed by atoms with E-state index in [1.54, 1.807) is 9.13 Å². The van der Waals surface area contributed by atoms with Crippen LogP contribution < -0.4 is 45.9 Å². The molecule has 23 heteroatoms. The third-order valence-electron chi connectivity index (χ3n) is 15.4. The third-order valence-corrected chi connectivity index (χ3v) is 16.7. The summed E-state index contributed by atoms with van der Waals surface area (Å²) < 4.78 is 83.1. The molecule has 10 heterocycles. The highest BCUT2D eigenvalue weighted by atomic mass is 79.9. The molecule has 4 aromatic carbocycles. The second kappa shape index (κ2) is 20.6. The van der Waals surface area contributed by atoms with Crippen molar-refractivity contribution in [2.45, 2.75) is 137 Å². The Bertz CT molecular complexity index is 3500. The number of nitrogens with two attached hydrogens (primary N) is 1. The molecular formula is C57H64BrF4N11O6S. The SMILES string of the molecule is CC(=O)CN.CC1(C)Nc2c(c(F)cc3c2CCO3)CC1=O.CC1(C)Nc2c(c(F)cc3c2CCO3)CC1=S.Cc1nnc2n1-c1c(F)c(Br)c3c(c1NC2(C)C)CCO3.Cc1nnc2n1-c1c(F)cc3c(c1NC2(C)C)CCO3. The fraction of sp³-hybridized carbons (Fsp3) is 0.456. The first-order valence-electron chi connectivity index (χ1n) is 26.5. The quantitative estimate of drug-likeness (QED) is 0.0767. The van der Waals surface area contributed by atoms with Gasteiger partial charge in [0.05, 0.1) is 71.0 Å². The van der Waals surface area contributed by atoms with Gasteiger partial charge in [-0.1, -0.05) is 12.2 Å². The fourth-order valence-electron chi connectivity index (χ4n) is 11.0. The lowest BCUT2D eigenvalue weighted by atomic mass is 9.86. The van der Waals surface area contributed by atoms with E-state index >= 15 is 0 Å². The number of anilines is 4. The van der Waals surface area contributed by atoms with E-state index in [1.165, 1.54) is 25.1 Å². The van der Waals surface area contributed by atoms with E-state index in [1.807, 2.05) is 69.2 Å². The number of ether oxygens (including phenoxy) is 4. The predicted octanol–water partition coefficient (Wildman–Crippen LogP) is 9.87. The van der Waals surface area contributed by atoms with Crippen LogP contribution in [-0.4, -0.2) is 90.0 Å². The molecule has 17 nitrogen and oxygen atoms in total. The molecule has 0 bridgehead atoms. The Morgan fingerprint density at radius 1 is 0.600 bits per heavy atom. The summed E-state index contributed by atoms with van der Waals surface area (Å²) >= 11 is 8.67. The maximum Gasteiger partial charge on any atom is 0.167 e. The van der Waals surface area contributed by atoms with E-state index in [0.29, 0.717) is 100 Å². The largest absolute Gasteiger partial charge is 0.493 e. The Labute approximate surface area is 474 Å². The number of fused-ring (bicyclic) bond motifs is 16. The molecule has 0 saturated carbocycles. The summed E-state index contributed by atoms with van der Waals surface area (Å²) in [4.78, 5) is 22.4. The number of carbonyl (C=O) groups excluding carboxylic acids is 2. The number of hydrogen-bond acceptors (Lipinski definition) is 16. The van der Waals surface area contributed by atoms with Crippen LogP contribution in [0.4, 0.5) is 40.3 Å². The number of hydrogen-bond donors (Lipinski definition) is 5. The van der Waals surface area contributed by atoms with Crippen LogP contribution in [0.5, 0.6) is 23.0 Å². The van der Waals surface area contributed by atoms with Crippen molar-refractivity contribution in [3.8, 4) is 34.4 Å². The van der Waals surface area contributed by atoms with Crippen LogP contribution in [0.2, 0.25) is 0 Å². The van der Waals surface area contributed by atoms with Crippen LogP contribution in [-0.2, 0) is 59.2 Å². The molecule has 8 aliphatic heterocycles. The Morgan fingerprint density at radius 2 is 1.00 bits per heavy atom. The summed E-state index contributed by atoms with van der Waals surface area (Å²) in [6, 6.07) is 4.35. The van der Waals surface area contributed by atoms with Crippen LogP contribution in [0.1, 0.15) is 119 Å². The molecule has 0 saturated heterocycles. The minimum Gasteiger partial charge on any atom is -0.493 e. The minimum absolute atomic E-state index is 0.0164. The van der Waals surface area contributed by atoms with Gasteiger partial charge >= 0.3 is 0 Å². The maximum absolute atomic E-state index is 14.9. The van der Waals surface area contributed by atoms with Crippen molar-refractivity contribution in [3.05, 3.63) is 103 Å². The standard InChI is InChI=1S/C14H14BrFN4O.C14H15FN4O.C13H14FNO2.C13H14FNOS.C3H7NO/c1-6-18-19-13-14(2,3)17-10-7-4-5-21-12(7)8(15)9(16)11(10)20(6)13;1-7-17-18-13-14(2,3)16-11-8-4-5-20-10(8)6-9(15)12(11)19(7)13;1-13(2)11(16)5-8-9(14)6-10-7(3-4-17-10)12(8)15-13;1-13(2)11(17)5-8-9(14)6-10-7(3-4-16-10)12(8)15-13;1-3(5)2-4/h17H,4-5H2,1-3H3;6,16H,4-5H2,1-3H3;2*6,15H,3-5H2,1-2H3;2,4H2,1H3. The van der Waals surface area contributed by atoms with Gasteiger partial charge in [-0.15, -0.1) is 20.4 Å². The number of aryl methyl sites for hydroxylation is 2. The lowest BCUT2D eigenvalue weighted by molar-refractivity contribution is -0.122. The summed E-state index contributed by atoms with van der Waals surface area (Å²) in [6.07, 6.45) is 3.86. The number of halogens is 5. The monoisotopic (exact) mass is 1190 g/mol. The highest BCUT2D eigenvalue weighted by Crippen LogP contribution is 2.50. The normalized spacial score (nSPS) is 18.2. The molecule has 8 aliphatic rings. The highest BCUT2D eigenvalue weighted by molar-refractivity contribution is 9.10. The van der Waals surface area contributed by atoms with Crippen LogP contribution in [0.25, 0.3) is 11.4 Å². The molecule has 424 valence electrons. The second-order valence-electron chi connectivity index (χ2n) is 22.9. The van der Waals surface area contributed by atoms with Gasteiger partial charge < -0.3 is 45.9 Å². The molecule has 6 N–H and O–H groups in total. The van der Waals surface area contributed by atoms with Crippen LogP contribution in [0.15, 0.2) is 22.7 Å². The Kier molecular flexibility index (Phi) is 14.5. The van der Waals surface area contributed by atoms with Crippen molar-refractivity contribution in [1.29, 1.82) is 0 Å². The number of ketones is 2. The number of thiocarbonyl (C=S) groups is 1. The van der Waals surface area contributed by atoms with Crippen molar-refractivity contribution in [1.82, 2.24) is 29.5 Å². The van der Waals surface area contributed by atoms with E-state index in [-0.39, 0.29) is 53.3 Å². The average molecular weight is 1190 g/mol. The second-order valence-corrected chi connectivity index (χ2v) is 24.2. The highest BCUT2D eigenvalue weighted by Gasteiger charge is 2.42. The van der Waals surface area contributed by atoms with Gasteiger partial charge in [-0.05, 0) is 92.1 Å². The number of Topliss-reactive ketones (excluding diaryl/α,β-unsaturated/α-hetero) is 2. The molecule has 6 aromatic rings. The summed E-state index contributed by atoms with van der Waals surface area (Å²) in [7, 11) is 0. The molecule has 0 aliphatic carbocycles. The van der Waals surface area contributed by atoms with Gasteiger partial charge in [0.25, 0.3) is 0 Å². The number of rotatable bonds is 1. The zero-order valence-corrected chi connectivity index (χ0v) is 48.9. The summed E-state index contributed by atoms with van der Waals surface area (Å²) in [6.45, 7) is 23.5. The van der Waals surface area contributed by atoms with Crippen molar-refractivity contribution in [2.24, 2.45) is 5.73 Å². The third kappa shape index (κ3) is 9.79. The summed E-state index contributed by atoms with van der Waals surface area (Å²) in [5, 5.41) is 30.0. The average Bonchev–Trinajstić information content (AvgIpc) is 4.44. The van der Waals surface area contributed by atoms with Gasteiger partial charge in [0.15, 0.2) is 29.1 Å². The molecule has 80 heavy (non-hydrogen) atoms. The van der Waals surface area contributed by atoms with Gasteiger partial charge in [-0.3, -0.25) is 18.7 Å². The predicted molar refractivity (Wildman–Crippen MR) is 303 cm³/mol. The molecule has 0 radical (unpaired) electrons. The van der Waals surface area contributed by atoms with E-state index in [9.17, 15) is 27.2 Å². The number of nitrogens with zero attached hydrogens (tertiary/aromatic N) is 6. The number of benzene rings is 4. The molecule has 0 amide bonds. The topological polar surface area (TPSA) is 207 Å². The molecule has 0 spiro atoms. The number of carbonyl (C=O) groups is 2. The molecule has 2 aromatic heterocycles. The van der Waals surface area contributed by atoms with Gasteiger partial charge in [0.1, 0.15) is 63.4 Å². The summed E-state index contributed by atoms with van der Waals surface area (Å²) in [5.74, 6) is 4.14. The first-order valence-corrected chi connectivity index (χ1v) is 27.7. The summed E-state index contributed by atoms with van der Waals surface area (Å²) in [5.41, 5.74) is 12.7. The van der Waals surface area contributed by atoms with E-state index in [0.717, 1.165) is 81.4 Å².